The van der Waals surface area contributed by atoms with E-state index < -0.39 is 0 Å². The molecular weight excluding hydrogens is 164 g/mol. The number of nitrogens with two attached hydrogens (primary N) is 1. The van der Waals surface area contributed by atoms with Crippen molar-refractivity contribution in [2.45, 2.75) is 19.4 Å². The molecule has 13 heavy (non-hydrogen) atoms. The second-order valence-corrected chi connectivity index (χ2v) is 3.49. The van der Waals surface area contributed by atoms with Crippen LogP contribution >= 0.6 is 0 Å². The van der Waals surface area contributed by atoms with Crippen LogP contribution < -0.4 is 11.1 Å². The summed E-state index contributed by atoms with van der Waals surface area (Å²) in [6, 6.07) is 6.02. The fourth-order valence-corrected chi connectivity index (χ4v) is 1.69. The summed E-state index contributed by atoms with van der Waals surface area (Å²) in [6.07, 6.45) is 1.02. The molecule has 3 N–H and O–H groups in total. The Kier molecular flexibility index (Phi) is 1.72. The Balaban J connectivity index is 2.40. The minimum absolute atomic E-state index is 0.371. The lowest BCUT2D eigenvalue weighted by Crippen LogP contribution is -2.11. The van der Waals surface area contributed by atoms with Gasteiger partial charge in [0, 0.05) is 17.3 Å². The van der Waals surface area contributed by atoms with E-state index >= 15 is 0 Å². The summed E-state index contributed by atoms with van der Waals surface area (Å²) in [5, 5.41) is 3.28. The number of amides is 1. The minimum atomic E-state index is -0.371. The van der Waals surface area contributed by atoms with Crippen LogP contribution in [0.5, 0.6) is 0 Å². The van der Waals surface area contributed by atoms with Crippen LogP contribution in [-0.4, -0.2) is 11.9 Å². The highest BCUT2D eigenvalue weighted by Crippen LogP contribution is 2.26. The second kappa shape index (κ2) is 2.76. The predicted octanol–water partition coefficient (Wildman–Crippen LogP) is 1.14. The first kappa shape index (κ1) is 8.10. The van der Waals surface area contributed by atoms with Crippen LogP contribution in [-0.2, 0) is 6.42 Å². The fraction of sp³-hybridized carbons (Fsp3) is 0.300. The van der Waals surface area contributed by atoms with Gasteiger partial charge in [0.2, 0.25) is 5.91 Å². The van der Waals surface area contributed by atoms with Crippen molar-refractivity contribution in [1.82, 2.24) is 0 Å². The van der Waals surface area contributed by atoms with Crippen LogP contribution in [0.15, 0.2) is 18.2 Å². The molecule has 1 aromatic rings. The van der Waals surface area contributed by atoms with Crippen LogP contribution in [0.3, 0.4) is 0 Å². The van der Waals surface area contributed by atoms with Crippen LogP contribution in [0, 0.1) is 0 Å². The Morgan fingerprint density at radius 3 is 3.08 bits per heavy atom. The molecule has 0 aromatic heterocycles. The number of primary amides is 1. The van der Waals surface area contributed by atoms with Crippen LogP contribution in [0.1, 0.15) is 22.8 Å². The third kappa shape index (κ3) is 1.37. The summed E-state index contributed by atoms with van der Waals surface area (Å²) in [4.78, 5) is 10.9. The van der Waals surface area contributed by atoms with Crippen molar-refractivity contribution in [3.05, 3.63) is 29.3 Å². The zero-order valence-electron chi connectivity index (χ0n) is 7.50. The zero-order valence-corrected chi connectivity index (χ0v) is 7.50. The molecule has 0 saturated carbocycles. The van der Waals surface area contributed by atoms with Crippen molar-refractivity contribution in [2.24, 2.45) is 5.73 Å². The maximum absolute atomic E-state index is 10.9. The van der Waals surface area contributed by atoms with Crippen LogP contribution in [0.4, 0.5) is 5.69 Å². The quantitative estimate of drug-likeness (QED) is 0.674. The van der Waals surface area contributed by atoms with Crippen molar-refractivity contribution in [3.8, 4) is 0 Å². The Bertz CT molecular complexity index is 360. The smallest absolute Gasteiger partial charge is 0.248 e. The van der Waals surface area contributed by atoms with Gasteiger partial charge in [-0.05, 0) is 31.0 Å². The van der Waals surface area contributed by atoms with Crippen molar-refractivity contribution in [3.63, 3.8) is 0 Å². The predicted molar refractivity (Wildman–Crippen MR) is 51.7 cm³/mol. The monoisotopic (exact) mass is 176 g/mol. The lowest BCUT2D eigenvalue weighted by molar-refractivity contribution is 0.100. The van der Waals surface area contributed by atoms with Crippen LogP contribution in [0.25, 0.3) is 0 Å². The van der Waals surface area contributed by atoms with E-state index in [1.54, 1.807) is 6.07 Å². The number of benzene rings is 1. The molecule has 1 aliphatic rings. The molecule has 0 radical (unpaired) electrons. The Hall–Kier alpha value is -1.51. The number of fused-ring (bicyclic) bond motifs is 1. The average Bonchev–Trinajstić information content (AvgIpc) is 2.42. The topological polar surface area (TPSA) is 55.1 Å². The molecule has 3 nitrogen and oxygen atoms in total. The van der Waals surface area contributed by atoms with Crippen molar-refractivity contribution >= 4 is 11.6 Å². The Morgan fingerprint density at radius 1 is 1.62 bits per heavy atom. The highest BCUT2D eigenvalue weighted by atomic mass is 16.1. The van der Waals surface area contributed by atoms with E-state index in [4.69, 9.17) is 5.73 Å². The molecule has 1 heterocycles. The molecular formula is C10H12N2O. The van der Waals surface area contributed by atoms with Gasteiger partial charge in [0.15, 0.2) is 0 Å². The van der Waals surface area contributed by atoms with E-state index in [9.17, 15) is 4.79 Å². The summed E-state index contributed by atoms with van der Waals surface area (Å²) in [5.41, 5.74) is 8.05. The number of carbonyl (C=O) groups excluding carboxylic acids is 1. The summed E-state index contributed by atoms with van der Waals surface area (Å²) >= 11 is 0. The number of nitrogens with one attached hydrogen (secondary N) is 1. The van der Waals surface area contributed by atoms with Gasteiger partial charge in [0.25, 0.3) is 0 Å². The van der Waals surface area contributed by atoms with E-state index in [2.05, 4.69) is 12.2 Å². The maximum Gasteiger partial charge on any atom is 0.248 e. The van der Waals surface area contributed by atoms with Gasteiger partial charge in [-0.1, -0.05) is 6.07 Å². The van der Waals surface area contributed by atoms with Gasteiger partial charge in [0.1, 0.15) is 0 Å². The van der Waals surface area contributed by atoms with E-state index in [0.29, 0.717) is 11.6 Å². The lowest BCUT2D eigenvalue weighted by atomic mass is 10.1. The first-order chi connectivity index (χ1) is 6.16. The molecule has 1 amide bonds. The maximum atomic E-state index is 10.9. The molecule has 2 rings (SSSR count). The van der Waals surface area contributed by atoms with Crippen molar-refractivity contribution in [2.75, 3.05) is 5.32 Å². The van der Waals surface area contributed by atoms with Gasteiger partial charge in [-0.3, -0.25) is 4.79 Å². The largest absolute Gasteiger partial charge is 0.382 e. The van der Waals surface area contributed by atoms with Crippen LogP contribution in [0.2, 0.25) is 0 Å². The van der Waals surface area contributed by atoms with Crippen molar-refractivity contribution < 1.29 is 4.79 Å². The van der Waals surface area contributed by atoms with E-state index in [1.807, 2.05) is 12.1 Å². The van der Waals surface area contributed by atoms with Gasteiger partial charge in [-0.2, -0.15) is 0 Å². The minimum Gasteiger partial charge on any atom is -0.382 e. The van der Waals surface area contributed by atoms with E-state index in [0.717, 1.165) is 12.1 Å². The van der Waals surface area contributed by atoms with Crippen molar-refractivity contribution in [1.29, 1.82) is 0 Å². The van der Waals surface area contributed by atoms with Gasteiger partial charge < -0.3 is 11.1 Å². The molecule has 1 atom stereocenters. The van der Waals surface area contributed by atoms with Gasteiger partial charge in [0.05, 0.1) is 0 Å². The van der Waals surface area contributed by atoms with Gasteiger partial charge in [-0.25, -0.2) is 0 Å². The molecule has 0 saturated heterocycles. The SMILES string of the molecule is CC1Cc2ccc(C(N)=O)cc2N1. The highest BCUT2D eigenvalue weighted by molar-refractivity contribution is 5.94. The summed E-state index contributed by atoms with van der Waals surface area (Å²) in [7, 11) is 0. The lowest BCUT2D eigenvalue weighted by Gasteiger charge is -2.02. The Labute approximate surface area is 76.9 Å². The molecule has 0 spiro atoms. The first-order valence-corrected chi connectivity index (χ1v) is 4.36. The molecule has 3 heteroatoms. The van der Waals surface area contributed by atoms with E-state index in [-0.39, 0.29) is 5.91 Å². The molecule has 1 unspecified atom stereocenters. The van der Waals surface area contributed by atoms with Gasteiger partial charge >= 0.3 is 0 Å². The summed E-state index contributed by atoms with van der Waals surface area (Å²) < 4.78 is 0. The Morgan fingerprint density at radius 2 is 2.38 bits per heavy atom. The first-order valence-electron chi connectivity index (χ1n) is 4.36. The molecule has 68 valence electrons. The third-order valence-corrected chi connectivity index (χ3v) is 2.32. The standard InChI is InChI=1S/C10H12N2O/c1-6-4-7-2-3-8(10(11)13)5-9(7)12-6/h2-3,5-6,12H,4H2,1H3,(H2,11,13). The number of anilines is 1. The summed E-state index contributed by atoms with van der Waals surface area (Å²) in [5.74, 6) is -0.371. The second-order valence-electron chi connectivity index (χ2n) is 3.49. The fourth-order valence-electron chi connectivity index (χ4n) is 1.69. The van der Waals surface area contributed by atoms with Gasteiger partial charge in [-0.15, -0.1) is 0 Å². The highest BCUT2D eigenvalue weighted by Gasteiger charge is 2.17. The zero-order chi connectivity index (χ0) is 9.42. The number of carbonyl (C=O) groups is 1. The average molecular weight is 176 g/mol. The van der Waals surface area contributed by atoms with E-state index in [1.165, 1.54) is 5.56 Å². The normalized spacial score (nSPS) is 19.3. The molecule has 0 bridgehead atoms. The number of rotatable bonds is 1. The number of hydrogen-bond donors (Lipinski definition) is 2. The summed E-state index contributed by atoms with van der Waals surface area (Å²) in [6.45, 7) is 2.12. The molecule has 1 aromatic carbocycles. The number of hydrogen-bond acceptors (Lipinski definition) is 2. The molecule has 1 aliphatic heterocycles. The third-order valence-electron chi connectivity index (χ3n) is 2.32. The molecule has 0 fully saturated rings. The molecule has 0 aliphatic carbocycles.